The van der Waals surface area contributed by atoms with Gasteiger partial charge in [0.2, 0.25) is 5.79 Å². The van der Waals surface area contributed by atoms with Crippen LogP contribution in [0, 0.1) is 29.6 Å². The zero-order valence-corrected chi connectivity index (χ0v) is 40.2. The number of hydrogen-bond donors (Lipinski definition) is 2. The van der Waals surface area contributed by atoms with E-state index in [2.05, 4.69) is 19.6 Å². The van der Waals surface area contributed by atoms with E-state index in [1.165, 1.54) is 19.1 Å². The Morgan fingerprint density at radius 1 is 0.922 bits per heavy atom. The fraction of sp³-hybridized carbons (Fsp3) is 0.776. The molecule has 0 aromatic rings. The molecule has 2 N–H and O–H groups in total. The van der Waals surface area contributed by atoms with Crippen molar-refractivity contribution in [2.24, 2.45) is 29.6 Å². The van der Waals surface area contributed by atoms with Crippen molar-refractivity contribution in [2.45, 2.75) is 178 Å². The molecule has 4 heterocycles. The number of aliphatic hydroxyl groups excluding tert-OH is 1. The first-order valence-electron chi connectivity index (χ1n) is 23.5. The van der Waals surface area contributed by atoms with Crippen molar-refractivity contribution in [3.8, 4) is 0 Å². The summed E-state index contributed by atoms with van der Waals surface area (Å²) < 4.78 is 35.9. The van der Waals surface area contributed by atoms with Crippen LogP contribution in [0.3, 0.4) is 0 Å². The smallest absolute Gasteiger partial charge is 0.329 e. The zero-order chi connectivity index (χ0) is 46.9. The number of piperidine rings is 1. The van der Waals surface area contributed by atoms with Crippen LogP contribution >= 0.6 is 11.8 Å². The Morgan fingerprint density at radius 3 is 2.28 bits per heavy atom. The molecule has 0 spiro atoms. The number of carbonyl (C=O) groups excluding carboxylic acids is 5. The van der Waals surface area contributed by atoms with E-state index in [0.717, 1.165) is 19.3 Å². The topological polar surface area (TPSA) is 184 Å². The Hall–Kier alpha value is -2.92. The number of nitrogens with zero attached hydrogens (tertiary/aromatic N) is 1. The molecule has 15 atom stereocenters. The number of thioether (sulfide) groups is 1. The fourth-order valence-electron chi connectivity index (χ4n) is 10.5. The summed E-state index contributed by atoms with van der Waals surface area (Å²) in [7, 11) is 4.76. The average Bonchev–Trinajstić information content (AvgIpc) is 3.70. The molecule has 64 heavy (non-hydrogen) atoms. The Balaban J connectivity index is 1.48. The standard InChI is InChI=1S/C49H75NO13S/c1-10-13-34-21-28(2)20-29(3)22-40(59-8)45-41(60-9)24-31(5)49(57,63-45)46(54)47(55)50-19-12-11-14-36(50)48(56)62-44(32(6)37(51)26-38(34)52)30(4)23-33-15-17-42(39(25-33)58-7)64-27-35-16-18-43(53)61-35/h10,21,23,28-29,31-33,35-37,39-42,44-45,51,57H,1,11-20,22,24-27H2,2-9H3/t28?,29-,31+,32+,33-,35?,36-,37-,39+,40-,41-,42?,44+,45?,49+/m0/s1. The van der Waals surface area contributed by atoms with Crippen LogP contribution in [0.15, 0.2) is 36.0 Å². The number of cyclic esters (lactones) is 2. The number of aliphatic hydroxyl groups is 2. The van der Waals surface area contributed by atoms with Gasteiger partial charge in [0.25, 0.3) is 11.7 Å². The van der Waals surface area contributed by atoms with E-state index in [-0.39, 0.29) is 72.8 Å². The monoisotopic (exact) mass is 917 g/mol. The van der Waals surface area contributed by atoms with Crippen molar-refractivity contribution in [3.05, 3.63) is 36.0 Å². The predicted octanol–water partition coefficient (Wildman–Crippen LogP) is 6.09. The van der Waals surface area contributed by atoms with Gasteiger partial charge in [-0.25, -0.2) is 4.79 Å². The number of ether oxygens (including phenoxy) is 6. The number of amides is 1. The van der Waals surface area contributed by atoms with E-state index in [9.17, 15) is 34.2 Å². The molecule has 0 aromatic carbocycles. The van der Waals surface area contributed by atoms with Crippen LogP contribution in [0.4, 0.5) is 0 Å². The molecule has 1 saturated carbocycles. The number of methoxy groups -OCH3 is 3. The molecule has 4 fully saturated rings. The summed E-state index contributed by atoms with van der Waals surface area (Å²) in [6, 6.07) is -1.15. The van der Waals surface area contributed by atoms with Crippen molar-refractivity contribution in [1.29, 1.82) is 0 Å². The highest BCUT2D eigenvalue weighted by molar-refractivity contribution is 8.00. The molecule has 15 heteroatoms. The van der Waals surface area contributed by atoms with Crippen LogP contribution < -0.4 is 0 Å². The van der Waals surface area contributed by atoms with Gasteiger partial charge in [0.1, 0.15) is 24.4 Å². The van der Waals surface area contributed by atoms with E-state index in [4.69, 9.17) is 28.4 Å². The van der Waals surface area contributed by atoms with Crippen LogP contribution in [0.2, 0.25) is 0 Å². The molecule has 5 aliphatic rings. The number of allylic oxidation sites excluding steroid dienone is 4. The van der Waals surface area contributed by atoms with Crippen LogP contribution in [-0.4, -0.2) is 138 Å². The quantitative estimate of drug-likeness (QED) is 0.146. The summed E-state index contributed by atoms with van der Waals surface area (Å²) in [5.41, 5.74) is 1.22. The molecule has 0 radical (unpaired) electrons. The molecule has 1 aliphatic carbocycles. The summed E-state index contributed by atoms with van der Waals surface area (Å²) in [5.74, 6) is -6.69. The molecule has 3 saturated heterocycles. The molecule has 14 nitrogen and oxygen atoms in total. The summed E-state index contributed by atoms with van der Waals surface area (Å²) in [4.78, 5) is 70.1. The molecular formula is C49H75NO13S. The summed E-state index contributed by atoms with van der Waals surface area (Å²) in [6.45, 7) is 13.3. The van der Waals surface area contributed by atoms with E-state index in [1.54, 1.807) is 38.8 Å². The summed E-state index contributed by atoms with van der Waals surface area (Å²) in [5, 5.41) is 24.2. The van der Waals surface area contributed by atoms with Gasteiger partial charge in [-0.05, 0) is 106 Å². The van der Waals surface area contributed by atoms with Gasteiger partial charge in [-0.15, -0.1) is 6.58 Å². The number of rotatable bonds is 10. The Labute approximate surface area is 384 Å². The highest BCUT2D eigenvalue weighted by atomic mass is 32.2. The second-order valence-corrected chi connectivity index (χ2v) is 20.5. The average molecular weight is 918 g/mol. The number of hydrogen-bond acceptors (Lipinski definition) is 14. The maximum absolute atomic E-state index is 14.5. The normalized spacial score (nSPS) is 39.3. The van der Waals surface area contributed by atoms with Gasteiger partial charge in [-0.3, -0.25) is 19.2 Å². The first-order valence-corrected chi connectivity index (χ1v) is 24.6. The minimum absolute atomic E-state index is 0.0288. The zero-order valence-electron chi connectivity index (χ0n) is 39.4. The third kappa shape index (κ3) is 12.7. The van der Waals surface area contributed by atoms with Crippen LogP contribution in [0.25, 0.3) is 0 Å². The molecule has 4 aliphatic heterocycles. The maximum atomic E-state index is 14.5. The molecule has 5 rings (SSSR count). The Kier molecular flexibility index (Phi) is 19.3. The number of carbonyl (C=O) groups is 5. The van der Waals surface area contributed by atoms with E-state index in [1.807, 2.05) is 19.9 Å². The molecule has 360 valence electrons. The molecule has 0 aromatic heterocycles. The highest BCUT2D eigenvalue weighted by Crippen LogP contribution is 2.40. The van der Waals surface area contributed by atoms with Crippen LogP contribution in [0.1, 0.15) is 118 Å². The lowest BCUT2D eigenvalue weighted by Gasteiger charge is -2.47. The van der Waals surface area contributed by atoms with Crippen molar-refractivity contribution >= 4 is 41.2 Å². The van der Waals surface area contributed by atoms with Gasteiger partial charge < -0.3 is 43.5 Å². The van der Waals surface area contributed by atoms with Crippen molar-refractivity contribution < 1.29 is 62.6 Å². The van der Waals surface area contributed by atoms with E-state index >= 15 is 0 Å². The first kappa shape index (κ1) is 52.1. The maximum Gasteiger partial charge on any atom is 0.329 e. The number of Topliss-reactive ketones (excluding diaryl/α,β-unsaturated/α-hetero) is 2. The SMILES string of the molecule is C=CCC1=CC(C)C[C@H](C)C[C@H](OC)C2O[C@@](O)(C(=O)C(=O)N3CCCC[C@H]3C(=O)O[C@H](C(C)=C[C@@H]3CCC(SCC4CCC(=O)O4)[C@H](OC)C3)[C@H](C)[C@@H](O)CC1=O)[C@H](C)C[C@@H]2OC. The Bertz CT molecular complexity index is 1720. The molecule has 2 bridgehead atoms. The van der Waals surface area contributed by atoms with Gasteiger partial charge in [-0.2, -0.15) is 11.8 Å². The number of esters is 2. The van der Waals surface area contributed by atoms with Gasteiger partial charge in [0.05, 0.1) is 24.4 Å². The first-order chi connectivity index (χ1) is 30.4. The van der Waals surface area contributed by atoms with Crippen LogP contribution in [0.5, 0.6) is 0 Å². The minimum atomic E-state index is -2.52. The Morgan fingerprint density at radius 2 is 1.62 bits per heavy atom. The van der Waals surface area contributed by atoms with E-state index < -0.39 is 71.8 Å². The second-order valence-electron chi connectivity index (χ2n) is 19.2. The van der Waals surface area contributed by atoms with Crippen molar-refractivity contribution in [1.82, 2.24) is 4.90 Å². The second kappa shape index (κ2) is 23.7. The lowest BCUT2D eigenvalue weighted by molar-refractivity contribution is -0.302. The molecule has 4 unspecified atom stereocenters. The van der Waals surface area contributed by atoms with Crippen molar-refractivity contribution in [3.63, 3.8) is 0 Å². The summed E-state index contributed by atoms with van der Waals surface area (Å²) >= 11 is 1.77. The van der Waals surface area contributed by atoms with Gasteiger partial charge in [-0.1, -0.05) is 45.9 Å². The molecule has 1 amide bonds. The third-order valence-electron chi connectivity index (χ3n) is 14.3. The lowest BCUT2D eigenvalue weighted by Crippen LogP contribution is -2.64. The minimum Gasteiger partial charge on any atom is -0.461 e. The van der Waals surface area contributed by atoms with Gasteiger partial charge in [0.15, 0.2) is 5.78 Å². The number of fused-ring (bicyclic) bond motifs is 3. The van der Waals surface area contributed by atoms with Gasteiger partial charge in [0, 0.05) is 63.6 Å². The summed E-state index contributed by atoms with van der Waals surface area (Å²) in [6.07, 6.45) is 7.59. The largest absolute Gasteiger partial charge is 0.461 e. The lowest BCUT2D eigenvalue weighted by atomic mass is 9.81. The fourth-order valence-corrected chi connectivity index (χ4v) is 12.0. The van der Waals surface area contributed by atoms with Crippen LogP contribution in [-0.2, 0) is 52.4 Å². The number of ketones is 2. The predicted molar refractivity (Wildman–Crippen MR) is 242 cm³/mol. The third-order valence-corrected chi connectivity index (χ3v) is 15.8. The van der Waals surface area contributed by atoms with E-state index in [0.29, 0.717) is 61.8 Å². The van der Waals surface area contributed by atoms with Gasteiger partial charge >= 0.3 is 11.9 Å². The van der Waals surface area contributed by atoms with Crippen molar-refractivity contribution in [2.75, 3.05) is 33.6 Å². The molecular weight excluding hydrogens is 843 g/mol. The highest BCUT2D eigenvalue weighted by Gasteiger charge is 2.56.